The molecule has 0 aliphatic rings. The lowest BCUT2D eigenvalue weighted by Gasteiger charge is -2.26. The first-order valence-corrected chi connectivity index (χ1v) is 7.82. The normalized spacial score (nSPS) is 11.5. The fourth-order valence-electron chi connectivity index (χ4n) is 1.26. The van der Waals surface area contributed by atoms with E-state index in [0.29, 0.717) is 39.4 Å². The molecule has 8 heteroatoms. The van der Waals surface area contributed by atoms with Gasteiger partial charge in [-0.25, -0.2) is 4.79 Å². The minimum atomic E-state index is -3.02. The Morgan fingerprint density at radius 1 is 1.06 bits per heavy atom. The summed E-state index contributed by atoms with van der Waals surface area (Å²) < 4.78 is 22.1. The van der Waals surface area contributed by atoms with Gasteiger partial charge in [-0.2, -0.15) is 0 Å². The Balaban J connectivity index is 4.08. The topological polar surface area (TPSA) is 92.0 Å². The second-order valence-corrected chi connectivity index (χ2v) is 5.45. The van der Waals surface area contributed by atoms with Crippen LogP contribution in [0.3, 0.4) is 0 Å². The van der Waals surface area contributed by atoms with Crippen LogP contribution in [0.5, 0.6) is 0 Å². The van der Waals surface area contributed by atoms with Crippen molar-refractivity contribution >= 4 is 15.1 Å². The van der Waals surface area contributed by atoms with Gasteiger partial charge in [-0.1, -0.05) is 0 Å². The molecule has 0 aromatic carbocycles. The van der Waals surface area contributed by atoms with E-state index in [1.54, 1.807) is 0 Å². The Kier molecular flexibility index (Phi) is 9.88. The minimum Gasteiger partial charge on any atom is -0.352 e. The van der Waals surface area contributed by atoms with Crippen LogP contribution in [-0.4, -0.2) is 48.1 Å². The van der Waals surface area contributed by atoms with Crippen LogP contribution in [0.1, 0.15) is 27.2 Å². The van der Waals surface area contributed by atoms with E-state index in [1.165, 1.54) is 0 Å². The van der Waals surface area contributed by atoms with E-state index >= 15 is 0 Å². The van der Waals surface area contributed by atoms with Gasteiger partial charge in [0.15, 0.2) is 0 Å². The zero-order chi connectivity index (χ0) is 13.9. The summed E-state index contributed by atoms with van der Waals surface area (Å²) in [5.74, 6) is 0. The molecule has 0 aromatic rings. The molecule has 7 nitrogen and oxygen atoms in total. The number of hydrogen-bond donors (Lipinski definition) is 2. The van der Waals surface area contributed by atoms with Crippen LogP contribution >= 0.6 is 0 Å². The predicted octanol–water partition coefficient (Wildman–Crippen LogP) is 0.607. The zero-order valence-electron chi connectivity index (χ0n) is 11.4. The summed E-state index contributed by atoms with van der Waals surface area (Å²) in [5, 5.41) is 2.48. The van der Waals surface area contributed by atoms with E-state index in [1.807, 2.05) is 20.8 Å². The van der Waals surface area contributed by atoms with Gasteiger partial charge in [0.05, 0.1) is 0 Å². The smallest absolute Gasteiger partial charge is 0.352 e. The molecule has 0 rings (SSSR count). The number of rotatable bonds is 11. The molecule has 0 aromatic heterocycles. The van der Waals surface area contributed by atoms with Crippen molar-refractivity contribution in [2.24, 2.45) is 5.73 Å². The van der Waals surface area contributed by atoms with Crippen molar-refractivity contribution in [3.05, 3.63) is 0 Å². The second kappa shape index (κ2) is 10.3. The summed E-state index contributed by atoms with van der Waals surface area (Å²) in [4.78, 5) is 10.5. The van der Waals surface area contributed by atoms with Crippen LogP contribution in [0.4, 0.5) is 4.79 Å². The van der Waals surface area contributed by atoms with Crippen molar-refractivity contribution in [1.82, 2.24) is 5.32 Å². The van der Waals surface area contributed by atoms with Crippen molar-refractivity contribution in [3.8, 4) is 0 Å². The van der Waals surface area contributed by atoms with Crippen molar-refractivity contribution in [1.29, 1.82) is 0 Å². The average Bonchev–Trinajstić information content (AvgIpc) is 2.29. The molecular weight excluding hydrogens is 256 g/mol. The Morgan fingerprint density at radius 3 is 1.94 bits per heavy atom. The second-order valence-electron chi connectivity index (χ2n) is 3.29. The van der Waals surface area contributed by atoms with Crippen LogP contribution in [0.25, 0.3) is 0 Å². The Bertz CT molecular complexity index is 213. The molecule has 0 bridgehead atoms. The summed E-state index contributed by atoms with van der Waals surface area (Å²) in [6.45, 7) is 7.80. The van der Waals surface area contributed by atoms with E-state index in [2.05, 4.69) is 5.32 Å². The highest BCUT2D eigenvalue weighted by Crippen LogP contribution is 2.12. The third-order valence-corrected chi connectivity index (χ3v) is 4.35. The number of nitrogens with one attached hydrogen (secondary N) is 1. The lowest BCUT2D eigenvalue weighted by molar-refractivity contribution is -0.0276. The van der Waals surface area contributed by atoms with Gasteiger partial charge in [-0.15, -0.1) is 0 Å². The first-order chi connectivity index (χ1) is 8.60. The van der Waals surface area contributed by atoms with Gasteiger partial charge in [0.25, 0.3) is 0 Å². The molecule has 0 unspecified atom stereocenters. The van der Waals surface area contributed by atoms with E-state index in [0.717, 1.165) is 0 Å². The van der Waals surface area contributed by atoms with Crippen molar-refractivity contribution < 1.29 is 22.5 Å². The highest BCUT2D eigenvalue weighted by Gasteiger charge is 2.44. The molecule has 0 aliphatic heterocycles. The van der Waals surface area contributed by atoms with Crippen molar-refractivity contribution in [2.45, 2.75) is 27.2 Å². The Hall–Kier alpha value is -0.673. The van der Waals surface area contributed by atoms with E-state index < -0.39 is 15.1 Å². The zero-order valence-corrected chi connectivity index (χ0v) is 12.4. The molecule has 0 heterocycles. The van der Waals surface area contributed by atoms with Gasteiger partial charge in [0.1, 0.15) is 0 Å². The van der Waals surface area contributed by atoms with Crippen LogP contribution < -0.4 is 11.1 Å². The number of primary amides is 1. The maximum Gasteiger partial charge on any atom is 0.679 e. The number of carbonyl (C=O) groups is 1. The number of amides is 2. The number of nitrogens with two attached hydrogens (primary N) is 1. The average molecular weight is 280 g/mol. The molecule has 0 spiro atoms. The van der Waals surface area contributed by atoms with E-state index in [4.69, 9.17) is 23.4 Å². The van der Waals surface area contributed by atoms with Gasteiger partial charge in [-0.05, 0) is 27.2 Å². The Morgan fingerprint density at radius 2 is 1.56 bits per heavy atom. The molecule has 18 heavy (non-hydrogen) atoms. The van der Waals surface area contributed by atoms with Crippen LogP contribution in [0.15, 0.2) is 0 Å². The number of hydrogen-bond acceptors (Lipinski definition) is 5. The summed E-state index contributed by atoms with van der Waals surface area (Å²) in [7, 11) is -3.02. The van der Waals surface area contributed by atoms with Gasteiger partial charge < -0.3 is 28.8 Å². The third kappa shape index (κ3) is 7.61. The van der Waals surface area contributed by atoms with E-state index in [9.17, 15) is 4.79 Å². The fourth-order valence-corrected chi connectivity index (χ4v) is 3.22. The molecule has 0 radical (unpaired) electrons. The monoisotopic (exact) mass is 280 g/mol. The van der Waals surface area contributed by atoms with Gasteiger partial charge >= 0.3 is 15.1 Å². The summed E-state index contributed by atoms with van der Waals surface area (Å²) in [5.41, 5.74) is 4.95. The molecule has 3 N–H and O–H groups in total. The van der Waals surface area contributed by atoms with Crippen molar-refractivity contribution in [2.75, 3.05) is 33.0 Å². The van der Waals surface area contributed by atoms with Crippen LogP contribution in [0.2, 0.25) is 0 Å². The highest BCUT2D eigenvalue weighted by atomic mass is 28.4. The molecule has 0 atom stereocenters. The molecule has 0 fully saturated rings. The van der Waals surface area contributed by atoms with Gasteiger partial charge in [0, 0.05) is 33.0 Å². The van der Waals surface area contributed by atoms with Crippen LogP contribution in [0, 0.1) is 0 Å². The molecule has 0 saturated heterocycles. The number of carbonyl (C=O) groups excluding carboxylic acids is 1. The summed E-state index contributed by atoms with van der Waals surface area (Å²) >= 11 is 0. The lowest BCUT2D eigenvalue weighted by Crippen LogP contribution is -2.49. The lowest BCUT2D eigenvalue weighted by atomic mass is 10.4. The third-order valence-electron chi connectivity index (χ3n) is 1.86. The number of urea groups is 1. The molecule has 108 valence electrons. The van der Waals surface area contributed by atoms with Crippen LogP contribution in [-0.2, 0) is 17.7 Å². The quantitative estimate of drug-likeness (QED) is 0.427. The van der Waals surface area contributed by atoms with Gasteiger partial charge in [0.2, 0.25) is 0 Å². The Labute approximate surface area is 109 Å². The molecule has 0 aliphatic carbocycles. The maximum atomic E-state index is 10.5. The first-order valence-electron chi connectivity index (χ1n) is 6.19. The molecule has 2 amide bonds. The molecular formula is C10H24N2O5Si. The molecule has 0 saturated carbocycles. The fraction of sp³-hybridized carbons (Fsp3) is 0.900. The minimum absolute atomic E-state index is 0.381. The van der Waals surface area contributed by atoms with E-state index in [-0.39, 0.29) is 0 Å². The maximum absolute atomic E-state index is 10.5. The SMILES string of the molecule is CCO[Si](OCC)(OCC)OCCCNC(N)=O. The standard InChI is InChI=1S/C10H24N2O5Si/c1-4-14-18(15-5-2,16-6-3)17-9-7-8-12-10(11)13/h4-9H2,1-3H3,(H3,11,12,13). The summed E-state index contributed by atoms with van der Waals surface area (Å²) in [6.07, 6.45) is 0.616. The largest absolute Gasteiger partial charge is 0.679 e. The van der Waals surface area contributed by atoms with Gasteiger partial charge in [-0.3, -0.25) is 0 Å². The first kappa shape index (κ1) is 17.3. The highest BCUT2D eigenvalue weighted by molar-refractivity contribution is 6.53. The predicted molar refractivity (Wildman–Crippen MR) is 68.8 cm³/mol. The summed E-state index contributed by atoms with van der Waals surface area (Å²) in [6, 6.07) is -0.544. The van der Waals surface area contributed by atoms with Crippen molar-refractivity contribution in [3.63, 3.8) is 0 Å².